The summed E-state index contributed by atoms with van der Waals surface area (Å²) in [4.78, 5) is 7.47. The largest absolute Gasteiger partial charge is 0.327 e. The van der Waals surface area contributed by atoms with Crippen LogP contribution in [-0.4, -0.2) is 27.5 Å². The van der Waals surface area contributed by atoms with Crippen LogP contribution in [0.15, 0.2) is 24.3 Å². The Kier molecular flexibility index (Phi) is 4.59. The van der Waals surface area contributed by atoms with Gasteiger partial charge in [-0.25, -0.2) is 4.98 Å². The number of likely N-dealkylation sites (tertiary alicyclic amines) is 1. The Balaban J connectivity index is 1.82. The van der Waals surface area contributed by atoms with Crippen molar-refractivity contribution < 1.29 is 0 Å². The molecule has 0 atom stereocenters. The Labute approximate surface area is 128 Å². The number of unbranched alkanes of at least 4 members (excludes halogenated alkanes) is 1. The first-order chi connectivity index (χ1) is 10.3. The maximum Gasteiger partial charge on any atom is 0.124 e. The number of piperidine rings is 1. The zero-order chi connectivity index (χ0) is 14.7. The third kappa shape index (κ3) is 3.29. The summed E-state index contributed by atoms with van der Waals surface area (Å²) in [6, 6.07) is 8.56. The molecule has 1 aromatic carbocycles. The first kappa shape index (κ1) is 14.6. The van der Waals surface area contributed by atoms with Crippen molar-refractivity contribution in [3.05, 3.63) is 30.1 Å². The summed E-state index contributed by atoms with van der Waals surface area (Å²) in [6.45, 7) is 9.16. The molecule has 0 amide bonds. The molecule has 1 aliphatic heterocycles. The minimum Gasteiger partial charge on any atom is -0.327 e. The second-order valence-corrected chi connectivity index (χ2v) is 6.48. The third-order valence-corrected chi connectivity index (χ3v) is 4.71. The van der Waals surface area contributed by atoms with Crippen molar-refractivity contribution >= 4 is 11.0 Å². The zero-order valence-corrected chi connectivity index (χ0v) is 13.4. The SMILES string of the molecule is CCCCn1c(CN2CCC(C)CC2)nc2ccccc21. The monoisotopic (exact) mass is 285 g/mol. The second-order valence-electron chi connectivity index (χ2n) is 6.48. The van der Waals surface area contributed by atoms with Gasteiger partial charge >= 0.3 is 0 Å². The van der Waals surface area contributed by atoms with Gasteiger partial charge in [-0.1, -0.05) is 32.4 Å². The highest BCUT2D eigenvalue weighted by atomic mass is 15.2. The number of aryl methyl sites for hydroxylation is 1. The van der Waals surface area contributed by atoms with Crippen LogP contribution in [0.4, 0.5) is 0 Å². The van der Waals surface area contributed by atoms with E-state index in [9.17, 15) is 0 Å². The van der Waals surface area contributed by atoms with Crippen molar-refractivity contribution in [2.45, 2.75) is 52.6 Å². The molecule has 3 rings (SSSR count). The number of benzene rings is 1. The highest BCUT2D eigenvalue weighted by molar-refractivity contribution is 5.75. The van der Waals surface area contributed by atoms with Crippen LogP contribution in [0.2, 0.25) is 0 Å². The van der Waals surface area contributed by atoms with E-state index in [1.165, 1.54) is 50.1 Å². The Hall–Kier alpha value is -1.35. The van der Waals surface area contributed by atoms with E-state index in [-0.39, 0.29) is 0 Å². The number of para-hydroxylation sites is 2. The normalized spacial score (nSPS) is 17.6. The predicted octanol–water partition coefficient (Wildman–Crippen LogP) is 4.07. The maximum absolute atomic E-state index is 4.90. The highest BCUT2D eigenvalue weighted by Crippen LogP contribution is 2.21. The fraction of sp³-hybridized carbons (Fsp3) is 0.611. The van der Waals surface area contributed by atoms with Crippen LogP contribution >= 0.6 is 0 Å². The van der Waals surface area contributed by atoms with Crippen LogP contribution in [0.1, 0.15) is 45.4 Å². The fourth-order valence-corrected chi connectivity index (χ4v) is 3.23. The molecule has 21 heavy (non-hydrogen) atoms. The smallest absolute Gasteiger partial charge is 0.124 e. The number of hydrogen-bond acceptors (Lipinski definition) is 2. The molecular formula is C18H27N3. The van der Waals surface area contributed by atoms with Gasteiger partial charge in [0.25, 0.3) is 0 Å². The number of fused-ring (bicyclic) bond motifs is 1. The molecule has 0 saturated carbocycles. The van der Waals surface area contributed by atoms with Gasteiger partial charge in [-0.3, -0.25) is 4.90 Å². The van der Waals surface area contributed by atoms with Crippen LogP contribution in [0.3, 0.4) is 0 Å². The van der Waals surface area contributed by atoms with Crippen LogP contribution < -0.4 is 0 Å². The van der Waals surface area contributed by atoms with Gasteiger partial charge in [0, 0.05) is 6.54 Å². The third-order valence-electron chi connectivity index (χ3n) is 4.71. The lowest BCUT2D eigenvalue weighted by Gasteiger charge is -2.30. The van der Waals surface area contributed by atoms with E-state index in [1.807, 2.05) is 0 Å². The molecular weight excluding hydrogens is 258 g/mol. The Morgan fingerprint density at radius 2 is 1.95 bits per heavy atom. The van der Waals surface area contributed by atoms with Crippen LogP contribution in [0.5, 0.6) is 0 Å². The molecule has 3 nitrogen and oxygen atoms in total. The Morgan fingerprint density at radius 1 is 1.19 bits per heavy atom. The summed E-state index contributed by atoms with van der Waals surface area (Å²) < 4.78 is 2.44. The molecule has 0 spiro atoms. The summed E-state index contributed by atoms with van der Waals surface area (Å²) in [5.74, 6) is 2.14. The first-order valence-electron chi connectivity index (χ1n) is 8.44. The Bertz CT molecular complexity index is 579. The van der Waals surface area contributed by atoms with Gasteiger partial charge in [0.05, 0.1) is 17.6 Å². The van der Waals surface area contributed by atoms with Gasteiger partial charge in [0.2, 0.25) is 0 Å². The average Bonchev–Trinajstić information content (AvgIpc) is 2.85. The average molecular weight is 285 g/mol. The molecule has 2 heterocycles. The van der Waals surface area contributed by atoms with Crippen molar-refractivity contribution in [2.24, 2.45) is 5.92 Å². The topological polar surface area (TPSA) is 21.1 Å². The molecule has 1 aliphatic rings. The summed E-state index contributed by atoms with van der Waals surface area (Å²) >= 11 is 0. The van der Waals surface area contributed by atoms with Crippen LogP contribution in [-0.2, 0) is 13.1 Å². The summed E-state index contributed by atoms with van der Waals surface area (Å²) in [5.41, 5.74) is 2.44. The molecule has 1 saturated heterocycles. The molecule has 0 N–H and O–H groups in total. The quantitative estimate of drug-likeness (QED) is 0.825. The molecule has 0 bridgehead atoms. The molecule has 0 radical (unpaired) electrons. The molecule has 1 aromatic heterocycles. The number of aromatic nitrogens is 2. The number of rotatable bonds is 5. The van der Waals surface area contributed by atoms with Crippen molar-refractivity contribution in [3.8, 4) is 0 Å². The summed E-state index contributed by atoms with van der Waals surface area (Å²) in [6.07, 6.45) is 5.11. The van der Waals surface area contributed by atoms with E-state index in [0.717, 1.165) is 24.5 Å². The second kappa shape index (κ2) is 6.61. The van der Waals surface area contributed by atoms with Crippen molar-refractivity contribution in [3.63, 3.8) is 0 Å². The first-order valence-corrected chi connectivity index (χ1v) is 8.44. The van der Waals surface area contributed by atoms with E-state index < -0.39 is 0 Å². The van der Waals surface area contributed by atoms with E-state index in [4.69, 9.17) is 4.98 Å². The molecule has 3 heteroatoms. The predicted molar refractivity (Wildman–Crippen MR) is 88.3 cm³/mol. The molecule has 0 aliphatic carbocycles. The number of imidazole rings is 1. The lowest BCUT2D eigenvalue weighted by atomic mass is 9.99. The van der Waals surface area contributed by atoms with E-state index in [2.05, 4.69) is 47.6 Å². The molecule has 0 unspecified atom stereocenters. The summed E-state index contributed by atoms with van der Waals surface area (Å²) in [5, 5.41) is 0. The van der Waals surface area contributed by atoms with Gasteiger partial charge in [0.1, 0.15) is 5.82 Å². The van der Waals surface area contributed by atoms with E-state index in [0.29, 0.717) is 0 Å². The highest BCUT2D eigenvalue weighted by Gasteiger charge is 2.18. The van der Waals surface area contributed by atoms with Gasteiger partial charge in [-0.15, -0.1) is 0 Å². The number of hydrogen-bond donors (Lipinski definition) is 0. The fourth-order valence-electron chi connectivity index (χ4n) is 3.23. The van der Waals surface area contributed by atoms with Crippen LogP contribution in [0.25, 0.3) is 11.0 Å². The summed E-state index contributed by atoms with van der Waals surface area (Å²) in [7, 11) is 0. The van der Waals surface area contributed by atoms with E-state index in [1.54, 1.807) is 0 Å². The van der Waals surface area contributed by atoms with Crippen LogP contribution in [0, 0.1) is 5.92 Å². The minimum absolute atomic E-state index is 0.889. The molecule has 2 aromatic rings. The molecule has 1 fully saturated rings. The van der Waals surface area contributed by atoms with Gasteiger partial charge in [-0.05, 0) is 50.4 Å². The van der Waals surface area contributed by atoms with Crippen molar-refractivity contribution in [1.82, 2.24) is 14.5 Å². The zero-order valence-electron chi connectivity index (χ0n) is 13.4. The maximum atomic E-state index is 4.90. The lowest BCUT2D eigenvalue weighted by Crippen LogP contribution is -2.33. The standard InChI is InChI=1S/C18H27N3/c1-3-4-11-21-17-8-6-5-7-16(17)19-18(21)14-20-12-9-15(2)10-13-20/h5-8,15H,3-4,9-14H2,1-2H3. The van der Waals surface area contributed by atoms with E-state index >= 15 is 0 Å². The van der Waals surface area contributed by atoms with Crippen molar-refractivity contribution in [1.29, 1.82) is 0 Å². The molecule has 114 valence electrons. The minimum atomic E-state index is 0.889. The van der Waals surface area contributed by atoms with Gasteiger partial charge in [0.15, 0.2) is 0 Å². The van der Waals surface area contributed by atoms with Crippen molar-refractivity contribution in [2.75, 3.05) is 13.1 Å². The number of nitrogens with zero attached hydrogens (tertiary/aromatic N) is 3. The lowest BCUT2D eigenvalue weighted by molar-refractivity contribution is 0.179. The Morgan fingerprint density at radius 3 is 2.71 bits per heavy atom. The van der Waals surface area contributed by atoms with Gasteiger partial charge < -0.3 is 4.57 Å². The van der Waals surface area contributed by atoms with Gasteiger partial charge in [-0.2, -0.15) is 0 Å².